The lowest BCUT2D eigenvalue weighted by molar-refractivity contribution is -0.121. The van der Waals surface area contributed by atoms with E-state index >= 15 is 0 Å². The van der Waals surface area contributed by atoms with E-state index in [1.807, 2.05) is 12.1 Å². The lowest BCUT2D eigenvalue weighted by atomic mass is 10.1. The number of aryl methyl sites for hydroxylation is 1. The number of hydrogen-bond donors (Lipinski definition) is 1. The zero-order valence-corrected chi connectivity index (χ0v) is 15.7. The normalized spacial score (nSPS) is 15.1. The Morgan fingerprint density at radius 3 is 2.65 bits per heavy atom. The molecule has 1 aromatic heterocycles. The van der Waals surface area contributed by atoms with E-state index in [2.05, 4.69) is 52.1 Å². The number of aromatic nitrogens is 1. The molecule has 5 heteroatoms. The summed E-state index contributed by atoms with van der Waals surface area (Å²) in [6.07, 6.45) is 4.07. The smallest absolute Gasteiger partial charge is 0.221 e. The summed E-state index contributed by atoms with van der Waals surface area (Å²) in [5.41, 5.74) is 5.09. The zero-order chi connectivity index (χ0) is 18.4. The first-order valence-electron chi connectivity index (χ1n) is 9.32. The minimum Gasteiger partial charge on any atom is -0.369 e. The topological polar surface area (TPSA) is 48.5 Å². The van der Waals surface area contributed by atoms with Crippen LogP contribution in [0.3, 0.4) is 0 Å². The van der Waals surface area contributed by atoms with Crippen LogP contribution in [0.25, 0.3) is 0 Å². The first-order valence-corrected chi connectivity index (χ1v) is 9.32. The second-order valence-electron chi connectivity index (χ2n) is 6.94. The van der Waals surface area contributed by atoms with E-state index in [4.69, 9.17) is 0 Å². The number of carbonyl (C=O) groups excluding carboxylic acids is 1. The standard InChI is InChI=1S/C21H28N4O/c1-17-5-3-7-20(18(17)2)25-13-11-24(12-14-25)10-8-21(26)23-16-19-6-4-9-22-15-19/h3-7,9,15H,8,10-14,16H2,1-2H3,(H,23,26). The van der Waals surface area contributed by atoms with Crippen LogP contribution in [0.5, 0.6) is 0 Å². The van der Waals surface area contributed by atoms with E-state index in [1.165, 1.54) is 16.8 Å². The van der Waals surface area contributed by atoms with E-state index < -0.39 is 0 Å². The van der Waals surface area contributed by atoms with Crippen LogP contribution in [-0.2, 0) is 11.3 Å². The van der Waals surface area contributed by atoms with Crippen LogP contribution in [0, 0.1) is 13.8 Å². The highest BCUT2D eigenvalue weighted by molar-refractivity contribution is 5.76. The molecule has 1 aliphatic heterocycles. The van der Waals surface area contributed by atoms with Crippen LogP contribution in [0.4, 0.5) is 5.69 Å². The lowest BCUT2D eigenvalue weighted by Gasteiger charge is -2.37. The number of amides is 1. The summed E-state index contributed by atoms with van der Waals surface area (Å²) in [6, 6.07) is 10.4. The maximum Gasteiger partial charge on any atom is 0.221 e. The van der Waals surface area contributed by atoms with Crippen LogP contribution in [-0.4, -0.2) is 48.5 Å². The third-order valence-electron chi connectivity index (χ3n) is 5.16. The van der Waals surface area contributed by atoms with Gasteiger partial charge in [-0.25, -0.2) is 0 Å². The number of carbonyl (C=O) groups is 1. The van der Waals surface area contributed by atoms with Crippen molar-refractivity contribution in [3.63, 3.8) is 0 Å². The number of pyridine rings is 1. The second kappa shape index (κ2) is 8.81. The molecule has 2 aromatic rings. The predicted octanol–water partition coefficient (Wildman–Crippen LogP) is 2.53. The summed E-state index contributed by atoms with van der Waals surface area (Å²) in [6.45, 7) is 9.77. The van der Waals surface area contributed by atoms with E-state index in [-0.39, 0.29) is 5.91 Å². The summed E-state index contributed by atoms with van der Waals surface area (Å²) in [4.78, 5) is 21.0. The molecule has 0 saturated carbocycles. The molecule has 1 fully saturated rings. The molecule has 1 aromatic carbocycles. The van der Waals surface area contributed by atoms with Crippen molar-refractivity contribution in [1.82, 2.24) is 15.2 Å². The Balaban J connectivity index is 1.40. The summed E-state index contributed by atoms with van der Waals surface area (Å²) >= 11 is 0. The van der Waals surface area contributed by atoms with Gasteiger partial charge in [0.2, 0.25) is 5.91 Å². The Bertz CT molecular complexity index is 724. The Labute approximate surface area is 156 Å². The van der Waals surface area contributed by atoms with Gasteiger partial charge >= 0.3 is 0 Å². The maximum absolute atomic E-state index is 12.1. The predicted molar refractivity (Wildman–Crippen MR) is 105 cm³/mol. The van der Waals surface area contributed by atoms with E-state index in [0.29, 0.717) is 13.0 Å². The number of benzene rings is 1. The van der Waals surface area contributed by atoms with Gasteiger partial charge in [-0.1, -0.05) is 18.2 Å². The Morgan fingerprint density at radius 2 is 1.92 bits per heavy atom. The fourth-order valence-electron chi connectivity index (χ4n) is 3.34. The van der Waals surface area contributed by atoms with Gasteiger partial charge in [0.1, 0.15) is 0 Å². The van der Waals surface area contributed by atoms with Crippen LogP contribution >= 0.6 is 0 Å². The Hall–Kier alpha value is -2.40. The van der Waals surface area contributed by atoms with Gasteiger partial charge in [-0.15, -0.1) is 0 Å². The molecule has 26 heavy (non-hydrogen) atoms. The Kier molecular flexibility index (Phi) is 6.23. The second-order valence-corrected chi connectivity index (χ2v) is 6.94. The summed E-state index contributed by atoms with van der Waals surface area (Å²) in [7, 11) is 0. The van der Waals surface area contributed by atoms with Gasteiger partial charge in [0.25, 0.3) is 0 Å². The summed E-state index contributed by atoms with van der Waals surface area (Å²) in [5, 5.41) is 2.97. The molecule has 0 spiro atoms. The molecule has 2 heterocycles. The molecule has 0 unspecified atom stereocenters. The number of anilines is 1. The molecule has 1 amide bonds. The van der Waals surface area contributed by atoms with Gasteiger partial charge in [-0.05, 0) is 42.7 Å². The fraction of sp³-hybridized carbons (Fsp3) is 0.429. The third-order valence-corrected chi connectivity index (χ3v) is 5.16. The average Bonchev–Trinajstić information content (AvgIpc) is 2.68. The van der Waals surface area contributed by atoms with Crippen molar-refractivity contribution in [3.05, 3.63) is 59.4 Å². The van der Waals surface area contributed by atoms with Gasteiger partial charge in [0, 0.05) is 63.8 Å². The van der Waals surface area contributed by atoms with Gasteiger partial charge in [-0.2, -0.15) is 0 Å². The first-order chi connectivity index (χ1) is 12.6. The number of hydrogen-bond acceptors (Lipinski definition) is 4. The molecule has 0 bridgehead atoms. The lowest BCUT2D eigenvalue weighted by Crippen LogP contribution is -2.47. The molecule has 0 aliphatic carbocycles. The molecular formula is C21H28N4O. The monoisotopic (exact) mass is 352 g/mol. The van der Waals surface area contributed by atoms with Crippen LogP contribution in [0.2, 0.25) is 0 Å². The molecule has 1 saturated heterocycles. The van der Waals surface area contributed by atoms with Gasteiger partial charge in [0.15, 0.2) is 0 Å². The minimum atomic E-state index is 0.103. The molecule has 5 nitrogen and oxygen atoms in total. The van der Waals surface area contributed by atoms with Crippen LogP contribution in [0.1, 0.15) is 23.1 Å². The zero-order valence-electron chi connectivity index (χ0n) is 15.7. The van der Waals surface area contributed by atoms with E-state index in [1.54, 1.807) is 12.4 Å². The highest BCUT2D eigenvalue weighted by Crippen LogP contribution is 2.23. The average molecular weight is 352 g/mol. The molecule has 0 atom stereocenters. The number of nitrogens with zero attached hydrogens (tertiary/aromatic N) is 3. The molecule has 138 valence electrons. The van der Waals surface area contributed by atoms with Gasteiger partial charge < -0.3 is 10.2 Å². The number of nitrogens with one attached hydrogen (secondary N) is 1. The molecular weight excluding hydrogens is 324 g/mol. The van der Waals surface area contributed by atoms with E-state index in [0.717, 1.165) is 38.3 Å². The Morgan fingerprint density at radius 1 is 1.12 bits per heavy atom. The highest BCUT2D eigenvalue weighted by Gasteiger charge is 2.19. The van der Waals surface area contributed by atoms with Crippen molar-refractivity contribution in [1.29, 1.82) is 0 Å². The SMILES string of the molecule is Cc1cccc(N2CCN(CCC(=O)NCc3cccnc3)CC2)c1C. The van der Waals surface area contributed by atoms with E-state index in [9.17, 15) is 4.79 Å². The van der Waals surface area contributed by atoms with Crippen LogP contribution < -0.4 is 10.2 Å². The van der Waals surface area contributed by atoms with Gasteiger partial charge in [0.05, 0.1) is 0 Å². The molecule has 3 rings (SSSR count). The number of rotatable bonds is 6. The van der Waals surface area contributed by atoms with Crippen LogP contribution in [0.15, 0.2) is 42.7 Å². The van der Waals surface area contributed by atoms with Crippen molar-refractivity contribution in [3.8, 4) is 0 Å². The largest absolute Gasteiger partial charge is 0.369 e. The quantitative estimate of drug-likeness (QED) is 0.868. The van der Waals surface area contributed by atoms with Crippen molar-refractivity contribution >= 4 is 11.6 Å². The minimum absolute atomic E-state index is 0.103. The van der Waals surface area contributed by atoms with Crippen molar-refractivity contribution < 1.29 is 4.79 Å². The van der Waals surface area contributed by atoms with Crippen molar-refractivity contribution in [2.75, 3.05) is 37.6 Å². The first kappa shape index (κ1) is 18.4. The van der Waals surface area contributed by atoms with Gasteiger partial charge in [-0.3, -0.25) is 14.7 Å². The molecule has 0 radical (unpaired) electrons. The molecule has 1 N–H and O–H groups in total. The fourth-order valence-corrected chi connectivity index (χ4v) is 3.34. The van der Waals surface area contributed by atoms with Crippen molar-refractivity contribution in [2.24, 2.45) is 0 Å². The highest BCUT2D eigenvalue weighted by atomic mass is 16.1. The summed E-state index contributed by atoms with van der Waals surface area (Å²) < 4.78 is 0. The van der Waals surface area contributed by atoms with Crippen molar-refractivity contribution in [2.45, 2.75) is 26.8 Å². The maximum atomic E-state index is 12.1. The third kappa shape index (κ3) is 4.82. The molecule has 1 aliphatic rings. The summed E-state index contributed by atoms with van der Waals surface area (Å²) in [5.74, 6) is 0.103. The number of piperazine rings is 1.